The molecule has 0 aliphatic carbocycles. The molecule has 0 aromatic heterocycles. The van der Waals surface area contributed by atoms with E-state index in [-0.39, 0.29) is 0 Å². The van der Waals surface area contributed by atoms with Crippen LogP contribution >= 0.6 is 0 Å². The minimum Gasteiger partial charge on any atom is -0.502 e. The Bertz CT molecular complexity index is 354. The zero-order chi connectivity index (χ0) is 12.6. The van der Waals surface area contributed by atoms with E-state index in [0.29, 0.717) is 0 Å². The van der Waals surface area contributed by atoms with Crippen LogP contribution < -0.4 is 4.74 Å². The summed E-state index contributed by atoms with van der Waals surface area (Å²) in [6.45, 7) is 11.1. The van der Waals surface area contributed by atoms with Gasteiger partial charge in [-0.15, -0.1) is 0 Å². The van der Waals surface area contributed by atoms with Gasteiger partial charge in [-0.3, -0.25) is 0 Å². The summed E-state index contributed by atoms with van der Waals surface area (Å²) in [6.07, 6.45) is 0. The minimum atomic E-state index is 0.755. The van der Waals surface area contributed by atoms with Crippen molar-refractivity contribution in [1.29, 1.82) is 0 Å². The van der Waals surface area contributed by atoms with Gasteiger partial charge in [-0.1, -0.05) is 31.4 Å². The highest BCUT2D eigenvalue weighted by Gasteiger charge is 1.99. The van der Waals surface area contributed by atoms with Crippen molar-refractivity contribution in [2.75, 3.05) is 14.2 Å². The molecule has 0 radical (unpaired) electrons. The molecule has 0 spiro atoms. The average molecular weight is 220 g/mol. The molecular weight excluding hydrogens is 200 g/mol. The van der Waals surface area contributed by atoms with E-state index in [9.17, 15) is 0 Å². The fourth-order valence-electron chi connectivity index (χ4n) is 0.997. The van der Waals surface area contributed by atoms with Gasteiger partial charge >= 0.3 is 0 Å². The minimum absolute atomic E-state index is 0.755. The number of methoxy groups -OCH3 is 2. The number of para-hydroxylation sites is 1. The molecule has 0 heterocycles. The molecule has 1 aromatic carbocycles. The molecule has 16 heavy (non-hydrogen) atoms. The van der Waals surface area contributed by atoms with Crippen molar-refractivity contribution in [2.24, 2.45) is 0 Å². The Hall–Kier alpha value is -1.70. The van der Waals surface area contributed by atoms with Gasteiger partial charge < -0.3 is 9.47 Å². The molecule has 2 heteroatoms. The van der Waals surface area contributed by atoms with Gasteiger partial charge in [0.1, 0.15) is 5.75 Å². The standard InChI is InChI=1S/C10H12O.C4H8O/c1-8(2)9-6-4-5-7-10(9)11-3;1-4(2)5-3/h4-7H,1H2,2-3H3;1H2,2-3H3. The van der Waals surface area contributed by atoms with Gasteiger partial charge in [0.2, 0.25) is 0 Å². The first-order chi connectivity index (χ1) is 7.52. The van der Waals surface area contributed by atoms with Crippen LogP contribution in [0.25, 0.3) is 5.57 Å². The molecular formula is C14H20O2. The van der Waals surface area contributed by atoms with Crippen molar-refractivity contribution >= 4 is 5.57 Å². The van der Waals surface area contributed by atoms with E-state index in [1.807, 2.05) is 31.2 Å². The van der Waals surface area contributed by atoms with Crippen LogP contribution in [-0.2, 0) is 4.74 Å². The monoisotopic (exact) mass is 220 g/mol. The normalized spacial score (nSPS) is 8.50. The molecule has 0 aliphatic heterocycles. The van der Waals surface area contributed by atoms with Crippen molar-refractivity contribution in [2.45, 2.75) is 13.8 Å². The highest BCUT2D eigenvalue weighted by atomic mass is 16.5. The first kappa shape index (κ1) is 14.3. The topological polar surface area (TPSA) is 18.5 Å². The fraction of sp³-hybridized carbons (Fsp3) is 0.286. The highest BCUT2D eigenvalue weighted by molar-refractivity contribution is 5.66. The maximum atomic E-state index is 5.15. The Morgan fingerprint density at radius 3 is 1.88 bits per heavy atom. The van der Waals surface area contributed by atoms with Crippen LogP contribution in [-0.4, -0.2) is 14.2 Å². The molecule has 2 nitrogen and oxygen atoms in total. The van der Waals surface area contributed by atoms with E-state index in [0.717, 1.165) is 22.6 Å². The number of rotatable bonds is 3. The van der Waals surface area contributed by atoms with Gasteiger partial charge in [-0.2, -0.15) is 0 Å². The first-order valence-corrected chi connectivity index (χ1v) is 5.01. The van der Waals surface area contributed by atoms with E-state index in [2.05, 4.69) is 17.9 Å². The van der Waals surface area contributed by atoms with E-state index in [1.165, 1.54) is 0 Å². The first-order valence-electron chi connectivity index (χ1n) is 5.01. The van der Waals surface area contributed by atoms with Crippen LogP contribution in [0.3, 0.4) is 0 Å². The predicted octanol–water partition coefficient (Wildman–Crippen LogP) is 3.89. The van der Waals surface area contributed by atoms with Gasteiger partial charge in [0.15, 0.2) is 0 Å². The molecule has 0 amide bonds. The van der Waals surface area contributed by atoms with Crippen molar-refractivity contribution in [1.82, 2.24) is 0 Å². The molecule has 0 bridgehead atoms. The van der Waals surface area contributed by atoms with Crippen molar-refractivity contribution < 1.29 is 9.47 Å². The third kappa shape index (κ3) is 5.25. The summed E-state index contributed by atoms with van der Waals surface area (Å²) in [5.74, 6) is 1.64. The van der Waals surface area contributed by atoms with Crippen LogP contribution in [0.4, 0.5) is 0 Å². The van der Waals surface area contributed by atoms with E-state index in [4.69, 9.17) is 4.74 Å². The van der Waals surface area contributed by atoms with E-state index >= 15 is 0 Å². The van der Waals surface area contributed by atoms with Gasteiger partial charge in [-0.25, -0.2) is 0 Å². The molecule has 88 valence electrons. The summed E-state index contributed by atoms with van der Waals surface area (Å²) in [5.41, 5.74) is 2.11. The Morgan fingerprint density at radius 1 is 1.06 bits per heavy atom. The lowest BCUT2D eigenvalue weighted by molar-refractivity contribution is 0.295. The summed E-state index contributed by atoms with van der Waals surface area (Å²) in [5, 5.41) is 0. The molecule has 0 saturated heterocycles. The second-order valence-corrected chi connectivity index (χ2v) is 3.39. The van der Waals surface area contributed by atoms with Gasteiger partial charge in [0, 0.05) is 5.56 Å². The molecule has 0 fully saturated rings. The summed E-state index contributed by atoms with van der Waals surface area (Å²) in [7, 11) is 3.27. The van der Waals surface area contributed by atoms with Crippen molar-refractivity contribution in [3.63, 3.8) is 0 Å². The summed E-state index contributed by atoms with van der Waals surface area (Å²) in [4.78, 5) is 0. The van der Waals surface area contributed by atoms with Crippen molar-refractivity contribution in [3.8, 4) is 5.75 Å². The third-order valence-electron chi connectivity index (χ3n) is 1.92. The largest absolute Gasteiger partial charge is 0.502 e. The van der Waals surface area contributed by atoms with Crippen molar-refractivity contribution in [3.05, 3.63) is 48.7 Å². The molecule has 0 saturated carbocycles. The summed E-state index contributed by atoms with van der Waals surface area (Å²) < 4.78 is 9.70. The van der Waals surface area contributed by atoms with Crippen LogP contribution in [0.5, 0.6) is 5.75 Å². The van der Waals surface area contributed by atoms with Crippen LogP contribution in [0.1, 0.15) is 19.4 Å². The van der Waals surface area contributed by atoms with Gasteiger partial charge in [-0.05, 0) is 25.5 Å². The lowest BCUT2D eigenvalue weighted by Crippen LogP contribution is -1.87. The van der Waals surface area contributed by atoms with Gasteiger partial charge in [0.05, 0.1) is 20.0 Å². The molecule has 0 atom stereocenters. The van der Waals surface area contributed by atoms with Gasteiger partial charge in [0.25, 0.3) is 0 Å². The maximum Gasteiger partial charge on any atom is 0.126 e. The Labute approximate surface area is 98.2 Å². The number of hydrogen-bond acceptors (Lipinski definition) is 2. The molecule has 1 rings (SSSR count). The Balaban J connectivity index is 0.000000385. The summed E-state index contributed by atoms with van der Waals surface area (Å²) >= 11 is 0. The molecule has 1 aromatic rings. The van der Waals surface area contributed by atoms with Crippen LogP contribution in [0.2, 0.25) is 0 Å². The molecule has 0 N–H and O–H groups in total. The number of benzene rings is 1. The predicted molar refractivity (Wildman–Crippen MR) is 69.5 cm³/mol. The average Bonchev–Trinajstić information content (AvgIpc) is 2.29. The number of allylic oxidation sites excluding steroid dienone is 2. The smallest absolute Gasteiger partial charge is 0.126 e. The second-order valence-electron chi connectivity index (χ2n) is 3.39. The zero-order valence-corrected chi connectivity index (χ0v) is 10.5. The maximum absolute atomic E-state index is 5.15. The Morgan fingerprint density at radius 2 is 1.56 bits per heavy atom. The fourth-order valence-corrected chi connectivity index (χ4v) is 0.997. The Kier molecular flexibility index (Phi) is 6.77. The number of ether oxygens (including phenoxy) is 2. The zero-order valence-electron chi connectivity index (χ0n) is 10.5. The SMILES string of the molecule is C=C(C)OC.C=C(C)c1ccccc1OC. The molecule has 0 unspecified atom stereocenters. The highest BCUT2D eigenvalue weighted by Crippen LogP contribution is 2.23. The summed E-state index contributed by atoms with van der Waals surface area (Å²) in [6, 6.07) is 7.86. The lowest BCUT2D eigenvalue weighted by Gasteiger charge is -2.06. The van der Waals surface area contributed by atoms with E-state index in [1.54, 1.807) is 21.1 Å². The molecule has 0 aliphatic rings. The lowest BCUT2D eigenvalue weighted by atomic mass is 10.1. The second kappa shape index (κ2) is 7.57. The van der Waals surface area contributed by atoms with Crippen LogP contribution in [0.15, 0.2) is 43.2 Å². The number of hydrogen-bond donors (Lipinski definition) is 0. The quantitative estimate of drug-likeness (QED) is 0.719. The third-order valence-corrected chi connectivity index (χ3v) is 1.92. The van der Waals surface area contributed by atoms with Crippen LogP contribution in [0, 0.1) is 0 Å². The van der Waals surface area contributed by atoms with E-state index < -0.39 is 0 Å².